The summed E-state index contributed by atoms with van der Waals surface area (Å²) >= 11 is 0. The molecule has 0 radical (unpaired) electrons. The van der Waals surface area contributed by atoms with Crippen molar-refractivity contribution in [3.05, 3.63) is 66.2 Å². The van der Waals surface area contributed by atoms with Gasteiger partial charge in [-0.2, -0.15) is 10.2 Å². The molecule has 2 aromatic heterocycles. The average Bonchev–Trinajstić information content (AvgIpc) is 3.18. The van der Waals surface area contributed by atoms with Crippen LogP contribution in [0.5, 0.6) is 0 Å². The Kier molecular flexibility index (Phi) is 4.23. The van der Waals surface area contributed by atoms with Gasteiger partial charge in [0.05, 0.1) is 12.7 Å². The van der Waals surface area contributed by atoms with Gasteiger partial charge >= 0.3 is 0 Å². The van der Waals surface area contributed by atoms with Crippen LogP contribution < -0.4 is 5.32 Å². The second kappa shape index (κ2) is 6.48. The van der Waals surface area contributed by atoms with Crippen molar-refractivity contribution >= 4 is 11.6 Å². The van der Waals surface area contributed by atoms with E-state index in [2.05, 4.69) is 15.5 Å². The maximum atomic E-state index is 12.4. The fraction of sp³-hybridized carbons (Fsp3) is 0.235. The van der Waals surface area contributed by atoms with Crippen molar-refractivity contribution in [2.24, 2.45) is 0 Å². The van der Waals surface area contributed by atoms with Crippen LogP contribution in [0.3, 0.4) is 0 Å². The van der Waals surface area contributed by atoms with Crippen LogP contribution in [-0.2, 0) is 11.3 Å². The van der Waals surface area contributed by atoms with E-state index in [1.54, 1.807) is 17.1 Å². The molecule has 0 fully saturated rings. The van der Waals surface area contributed by atoms with Crippen LogP contribution in [0, 0.1) is 6.92 Å². The zero-order valence-corrected chi connectivity index (χ0v) is 13.2. The molecule has 0 aliphatic heterocycles. The third-order valence-electron chi connectivity index (χ3n) is 3.61. The lowest BCUT2D eigenvalue weighted by Gasteiger charge is -2.13. The molecule has 0 bridgehead atoms. The lowest BCUT2D eigenvalue weighted by atomic mass is 10.2. The fourth-order valence-corrected chi connectivity index (χ4v) is 2.34. The smallest absolute Gasteiger partial charge is 0.248 e. The number of hydrogen-bond acceptors (Lipinski definition) is 3. The molecule has 23 heavy (non-hydrogen) atoms. The first-order chi connectivity index (χ1) is 11.1. The van der Waals surface area contributed by atoms with Gasteiger partial charge in [-0.05, 0) is 43.2 Å². The van der Waals surface area contributed by atoms with Crippen LogP contribution in [0.4, 0.5) is 5.69 Å². The van der Waals surface area contributed by atoms with Crippen molar-refractivity contribution in [1.29, 1.82) is 0 Å². The van der Waals surface area contributed by atoms with Crippen LogP contribution in [0.25, 0.3) is 0 Å². The number of aryl methyl sites for hydroxylation is 1. The fourth-order valence-electron chi connectivity index (χ4n) is 2.34. The third-order valence-corrected chi connectivity index (χ3v) is 3.61. The number of rotatable bonds is 5. The van der Waals surface area contributed by atoms with Gasteiger partial charge in [0.2, 0.25) is 5.91 Å². The SMILES string of the molecule is Cc1cnn(C(C)C(=O)Nc2cccc(Cn3cccn3)c2)c1. The van der Waals surface area contributed by atoms with Crippen molar-refractivity contribution < 1.29 is 4.79 Å². The second-order valence-corrected chi connectivity index (χ2v) is 5.57. The largest absolute Gasteiger partial charge is 0.324 e. The van der Waals surface area contributed by atoms with Gasteiger partial charge in [0.25, 0.3) is 0 Å². The van der Waals surface area contributed by atoms with Gasteiger partial charge in [0, 0.05) is 24.3 Å². The summed E-state index contributed by atoms with van der Waals surface area (Å²) in [6, 6.07) is 9.30. The maximum absolute atomic E-state index is 12.4. The number of anilines is 1. The van der Waals surface area contributed by atoms with Crippen molar-refractivity contribution in [1.82, 2.24) is 19.6 Å². The average molecular weight is 309 g/mol. The van der Waals surface area contributed by atoms with E-state index in [1.807, 2.05) is 61.3 Å². The minimum atomic E-state index is -0.363. The third kappa shape index (κ3) is 3.66. The molecule has 0 saturated carbocycles. The molecule has 118 valence electrons. The highest BCUT2D eigenvalue weighted by molar-refractivity contribution is 5.93. The molecule has 3 aromatic rings. The number of nitrogens with zero attached hydrogens (tertiary/aromatic N) is 4. The molecule has 1 atom stereocenters. The molecule has 0 aliphatic carbocycles. The summed E-state index contributed by atoms with van der Waals surface area (Å²) in [6.45, 7) is 4.45. The van der Waals surface area contributed by atoms with Gasteiger partial charge < -0.3 is 5.32 Å². The predicted octanol–water partition coefficient (Wildman–Crippen LogP) is 2.64. The quantitative estimate of drug-likeness (QED) is 0.788. The van der Waals surface area contributed by atoms with E-state index < -0.39 is 0 Å². The highest BCUT2D eigenvalue weighted by Gasteiger charge is 2.15. The van der Waals surface area contributed by atoms with Gasteiger partial charge in [-0.25, -0.2) is 0 Å². The Morgan fingerprint density at radius 3 is 2.87 bits per heavy atom. The van der Waals surface area contributed by atoms with Crippen LogP contribution in [-0.4, -0.2) is 25.5 Å². The van der Waals surface area contributed by atoms with Crippen molar-refractivity contribution in [3.63, 3.8) is 0 Å². The first-order valence-electron chi connectivity index (χ1n) is 7.50. The number of carbonyl (C=O) groups is 1. The van der Waals surface area contributed by atoms with Crippen LogP contribution in [0.15, 0.2) is 55.1 Å². The van der Waals surface area contributed by atoms with Crippen LogP contribution in [0.1, 0.15) is 24.1 Å². The van der Waals surface area contributed by atoms with E-state index in [4.69, 9.17) is 0 Å². The van der Waals surface area contributed by atoms with Gasteiger partial charge in [0.15, 0.2) is 0 Å². The lowest BCUT2D eigenvalue weighted by molar-refractivity contribution is -0.119. The van der Waals surface area contributed by atoms with Crippen LogP contribution in [0.2, 0.25) is 0 Å². The van der Waals surface area contributed by atoms with Crippen LogP contribution >= 0.6 is 0 Å². The molecule has 0 saturated heterocycles. The minimum Gasteiger partial charge on any atom is -0.324 e. The van der Waals surface area contributed by atoms with Gasteiger partial charge in [-0.15, -0.1) is 0 Å². The Labute approximate surface area is 134 Å². The summed E-state index contributed by atoms with van der Waals surface area (Å²) < 4.78 is 3.51. The number of nitrogens with one attached hydrogen (secondary N) is 1. The Morgan fingerprint density at radius 2 is 2.17 bits per heavy atom. The predicted molar refractivity (Wildman–Crippen MR) is 88.1 cm³/mol. The zero-order valence-electron chi connectivity index (χ0n) is 13.2. The number of hydrogen-bond donors (Lipinski definition) is 1. The van der Waals surface area contributed by atoms with E-state index in [9.17, 15) is 4.79 Å². The summed E-state index contributed by atoms with van der Waals surface area (Å²) in [6.07, 6.45) is 7.26. The second-order valence-electron chi connectivity index (χ2n) is 5.57. The van der Waals surface area contributed by atoms with Crippen molar-refractivity contribution in [2.75, 3.05) is 5.32 Å². The molecule has 6 heteroatoms. The number of aromatic nitrogens is 4. The Bertz CT molecular complexity index is 791. The summed E-state index contributed by atoms with van der Waals surface area (Å²) in [5, 5.41) is 11.3. The molecular formula is C17H19N5O. The first-order valence-corrected chi connectivity index (χ1v) is 7.50. The molecule has 1 unspecified atom stereocenters. The van der Waals surface area contributed by atoms with E-state index in [0.717, 1.165) is 16.8 Å². The van der Waals surface area contributed by atoms with Gasteiger partial charge in [-0.1, -0.05) is 12.1 Å². The van der Waals surface area contributed by atoms with Gasteiger partial charge in [-0.3, -0.25) is 14.2 Å². The molecule has 0 aliphatic rings. The number of carbonyl (C=O) groups excluding carboxylic acids is 1. The summed E-state index contributed by atoms with van der Waals surface area (Å²) in [5.74, 6) is -0.0932. The molecule has 1 amide bonds. The van der Waals surface area contributed by atoms with E-state index in [1.165, 1.54) is 0 Å². The summed E-state index contributed by atoms with van der Waals surface area (Å²) in [7, 11) is 0. The molecule has 3 rings (SSSR count). The normalized spacial score (nSPS) is 12.1. The number of benzene rings is 1. The highest BCUT2D eigenvalue weighted by atomic mass is 16.2. The Morgan fingerprint density at radius 1 is 1.30 bits per heavy atom. The number of amides is 1. The summed E-state index contributed by atoms with van der Waals surface area (Å²) in [5.41, 5.74) is 2.88. The minimum absolute atomic E-state index is 0.0932. The lowest BCUT2D eigenvalue weighted by Crippen LogP contribution is -2.24. The molecule has 0 spiro atoms. The standard InChI is InChI=1S/C17H19N5O/c1-13-10-19-22(11-13)14(2)17(23)20-16-6-3-5-15(9-16)12-21-8-4-7-18-21/h3-11,14H,12H2,1-2H3,(H,20,23). The molecule has 1 N–H and O–H groups in total. The Balaban J connectivity index is 1.68. The first kappa shape index (κ1) is 15.0. The topological polar surface area (TPSA) is 64.7 Å². The monoisotopic (exact) mass is 309 g/mol. The van der Waals surface area contributed by atoms with E-state index in [-0.39, 0.29) is 11.9 Å². The molecule has 2 heterocycles. The summed E-state index contributed by atoms with van der Waals surface area (Å²) in [4.78, 5) is 12.4. The van der Waals surface area contributed by atoms with Crippen molar-refractivity contribution in [3.8, 4) is 0 Å². The Hall–Kier alpha value is -2.89. The maximum Gasteiger partial charge on any atom is 0.248 e. The molecule has 1 aromatic carbocycles. The zero-order chi connectivity index (χ0) is 16.2. The van der Waals surface area contributed by atoms with Gasteiger partial charge in [0.1, 0.15) is 6.04 Å². The molecule has 6 nitrogen and oxygen atoms in total. The molecular weight excluding hydrogens is 290 g/mol. The van der Waals surface area contributed by atoms with E-state index >= 15 is 0 Å². The van der Waals surface area contributed by atoms with E-state index in [0.29, 0.717) is 6.54 Å². The van der Waals surface area contributed by atoms with Crippen molar-refractivity contribution in [2.45, 2.75) is 26.4 Å². The highest BCUT2D eigenvalue weighted by Crippen LogP contribution is 2.15.